The second kappa shape index (κ2) is 7.47. The minimum absolute atomic E-state index is 0.0459. The summed E-state index contributed by atoms with van der Waals surface area (Å²) in [6, 6.07) is 19.1. The molecule has 0 radical (unpaired) electrons. The Hall–Kier alpha value is -2.69. The molecule has 0 amide bonds. The van der Waals surface area contributed by atoms with Gasteiger partial charge in [-0.2, -0.15) is 0 Å². The summed E-state index contributed by atoms with van der Waals surface area (Å²) < 4.78 is 11.4. The topological polar surface area (TPSA) is 55.8 Å². The zero-order valence-corrected chi connectivity index (χ0v) is 14.0. The number of ether oxygens (including phenoxy) is 2. The first-order valence-electron chi connectivity index (χ1n) is 8.06. The van der Waals surface area contributed by atoms with Gasteiger partial charge in [0.05, 0.1) is 6.61 Å². The molecule has 0 saturated carbocycles. The van der Waals surface area contributed by atoms with Crippen LogP contribution in [0.4, 0.5) is 0 Å². The second-order valence-electron chi connectivity index (χ2n) is 5.86. The molecule has 2 aromatic rings. The lowest BCUT2D eigenvalue weighted by atomic mass is 9.88. The normalized spacial score (nSPS) is 20.3. The van der Waals surface area contributed by atoms with Crippen molar-refractivity contribution in [3.05, 3.63) is 89.2 Å². The third kappa shape index (κ3) is 3.55. The number of hydrogen-bond acceptors (Lipinski definition) is 4. The van der Waals surface area contributed by atoms with Crippen molar-refractivity contribution < 1.29 is 19.4 Å². The first-order chi connectivity index (χ1) is 12.2. The van der Waals surface area contributed by atoms with Crippen molar-refractivity contribution in [2.75, 3.05) is 7.11 Å². The molecule has 25 heavy (non-hydrogen) atoms. The molecule has 1 atom stereocenters. The van der Waals surface area contributed by atoms with E-state index in [4.69, 9.17) is 9.47 Å². The molecule has 0 aromatic heterocycles. The Morgan fingerprint density at radius 2 is 1.72 bits per heavy atom. The van der Waals surface area contributed by atoms with E-state index in [9.17, 15) is 9.90 Å². The minimum Gasteiger partial charge on any atom is -0.507 e. The molecular weight excluding hydrogens is 316 g/mol. The molecule has 3 rings (SSSR count). The maximum absolute atomic E-state index is 11.6. The van der Waals surface area contributed by atoms with Crippen LogP contribution in [0, 0.1) is 0 Å². The van der Waals surface area contributed by atoms with Crippen molar-refractivity contribution in [1.82, 2.24) is 0 Å². The van der Waals surface area contributed by atoms with Crippen LogP contribution in [0.15, 0.2) is 78.1 Å². The number of benzene rings is 2. The van der Waals surface area contributed by atoms with E-state index in [1.165, 1.54) is 7.11 Å². The van der Waals surface area contributed by atoms with Gasteiger partial charge in [-0.15, -0.1) is 0 Å². The molecule has 1 aliphatic carbocycles. The molecular formula is C21H20O4. The number of aliphatic hydroxyl groups excluding tert-OH is 1. The van der Waals surface area contributed by atoms with Gasteiger partial charge < -0.3 is 14.6 Å². The average Bonchev–Trinajstić information content (AvgIpc) is 2.68. The van der Waals surface area contributed by atoms with E-state index in [-0.39, 0.29) is 18.8 Å². The molecule has 0 aliphatic heterocycles. The van der Waals surface area contributed by atoms with Gasteiger partial charge in [-0.1, -0.05) is 60.7 Å². The van der Waals surface area contributed by atoms with Crippen LogP contribution in [0.5, 0.6) is 0 Å². The summed E-state index contributed by atoms with van der Waals surface area (Å²) >= 11 is 0. The summed E-state index contributed by atoms with van der Waals surface area (Å²) in [4.78, 5) is 11.6. The monoisotopic (exact) mass is 336 g/mol. The zero-order valence-electron chi connectivity index (χ0n) is 14.0. The number of rotatable bonds is 6. The fraction of sp³-hybridized carbons (Fsp3) is 0.190. The third-order valence-electron chi connectivity index (χ3n) is 4.31. The maximum Gasteiger partial charge on any atom is 0.231 e. The van der Waals surface area contributed by atoms with Gasteiger partial charge >= 0.3 is 0 Å². The number of allylic oxidation sites excluding steroid dienone is 2. The van der Waals surface area contributed by atoms with Crippen molar-refractivity contribution in [2.24, 2.45) is 0 Å². The fourth-order valence-corrected chi connectivity index (χ4v) is 2.90. The largest absolute Gasteiger partial charge is 0.507 e. The zero-order chi connectivity index (χ0) is 17.7. The molecule has 4 nitrogen and oxygen atoms in total. The first-order valence-corrected chi connectivity index (χ1v) is 8.06. The molecule has 1 unspecified atom stereocenters. The highest BCUT2D eigenvalue weighted by molar-refractivity contribution is 5.93. The SMILES string of the molecule is COC1(OCc2ccccc2)CC(C=O)=C(c2ccccc2)C=C1O. The van der Waals surface area contributed by atoms with E-state index in [0.717, 1.165) is 17.4 Å². The highest BCUT2D eigenvalue weighted by atomic mass is 16.7. The van der Waals surface area contributed by atoms with E-state index in [1.54, 1.807) is 6.08 Å². The number of aliphatic hydroxyl groups is 1. The smallest absolute Gasteiger partial charge is 0.231 e. The van der Waals surface area contributed by atoms with Gasteiger partial charge in [0.25, 0.3) is 0 Å². The number of aldehydes is 1. The Balaban J connectivity index is 1.89. The lowest BCUT2D eigenvalue weighted by molar-refractivity contribution is -0.219. The molecule has 0 heterocycles. The number of carbonyl (C=O) groups excluding carboxylic acids is 1. The van der Waals surface area contributed by atoms with Crippen LogP contribution in [-0.2, 0) is 20.9 Å². The Kier molecular flexibility index (Phi) is 5.12. The van der Waals surface area contributed by atoms with Gasteiger partial charge in [0.15, 0.2) is 5.76 Å². The highest BCUT2D eigenvalue weighted by Gasteiger charge is 2.41. The molecule has 128 valence electrons. The van der Waals surface area contributed by atoms with Crippen molar-refractivity contribution >= 4 is 11.9 Å². The number of hydrogen-bond donors (Lipinski definition) is 1. The van der Waals surface area contributed by atoms with Crippen molar-refractivity contribution in [3.8, 4) is 0 Å². The van der Waals surface area contributed by atoms with Crippen LogP contribution in [0.1, 0.15) is 17.5 Å². The van der Waals surface area contributed by atoms with E-state index >= 15 is 0 Å². The summed E-state index contributed by atoms with van der Waals surface area (Å²) in [5.41, 5.74) is 3.03. The van der Waals surface area contributed by atoms with Gasteiger partial charge in [-0.3, -0.25) is 4.79 Å². The molecule has 0 saturated heterocycles. The molecule has 1 N–H and O–H groups in total. The van der Waals surface area contributed by atoms with Crippen LogP contribution in [0.3, 0.4) is 0 Å². The van der Waals surface area contributed by atoms with Crippen LogP contribution in [0.2, 0.25) is 0 Å². The summed E-state index contributed by atoms with van der Waals surface area (Å²) in [6.07, 6.45) is 2.49. The predicted molar refractivity (Wildman–Crippen MR) is 95.7 cm³/mol. The highest BCUT2D eigenvalue weighted by Crippen LogP contribution is 2.38. The van der Waals surface area contributed by atoms with E-state index in [0.29, 0.717) is 11.1 Å². The first kappa shape index (κ1) is 17.1. The average molecular weight is 336 g/mol. The van der Waals surface area contributed by atoms with Gasteiger partial charge in [0.1, 0.15) is 6.29 Å². The second-order valence-corrected chi connectivity index (χ2v) is 5.86. The molecule has 2 aromatic carbocycles. The van der Waals surface area contributed by atoms with Crippen LogP contribution in [0.25, 0.3) is 5.57 Å². The Morgan fingerprint density at radius 3 is 2.32 bits per heavy atom. The quantitative estimate of drug-likeness (QED) is 0.639. The molecule has 4 heteroatoms. The molecule has 0 spiro atoms. The van der Waals surface area contributed by atoms with Crippen LogP contribution < -0.4 is 0 Å². The van der Waals surface area contributed by atoms with Crippen LogP contribution in [-0.4, -0.2) is 24.3 Å². The molecule has 0 fully saturated rings. The summed E-state index contributed by atoms with van der Waals surface area (Å²) in [6.45, 7) is 0.263. The maximum atomic E-state index is 11.6. The minimum atomic E-state index is -1.36. The van der Waals surface area contributed by atoms with Gasteiger partial charge in [-0.25, -0.2) is 0 Å². The van der Waals surface area contributed by atoms with Crippen molar-refractivity contribution in [2.45, 2.75) is 18.8 Å². The van der Waals surface area contributed by atoms with Gasteiger partial charge in [-0.05, 0) is 22.8 Å². The Labute approximate surface area is 147 Å². The number of methoxy groups -OCH3 is 1. The molecule has 1 aliphatic rings. The van der Waals surface area contributed by atoms with E-state index in [2.05, 4.69) is 0 Å². The van der Waals surface area contributed by atoms with E-state index < -0.39 is 5.79 Å². The van der Waals surface area contributed by atoms with E-state index in [1.807, 2.05) is 60.7 Å². The third-order valence-corrected chi connectivity index (χ3v) is 4.31. The van der Waals surface area contributed by atoms with Crippen molar-refractivity contribution in [3.63, 3.8) is 0 Å². The van der Waals surface area contributed by atoms with Gasteiger partial charge in [0, 0.05) is 19.1 Å². The standard InChI is InChI=1S/C21H20O4/c1-24-21(25-15-16-8-4-2-5-9-16)13-18(14-22)19(12-20(21)23)17-10-6-3-7-11-17/h2-12,14,23H,13,15H2,1H3. The Morgan fingerprint density at radius 1 is 1.08 bits per heavy atom. The summed E-state index contributed by atoms with van der Waals surface area (Å²) in [5.74, 6) is -1.40. The lowest BCUT2D eigenvalue weighted by Crippen LogP contribution is -2.39. The fourth-order valence-electron chi connectivity index (χ4n) is 2.90. The lowest BCUT2D eigenvalue weighted by Gasteiger charge is -2.35. The molecule has 0 bridgehead atoms. The Bertz CT molecular complexity index is 793. The van der Waals surface area contributed by atoms with Crippen molar-refractivity contribution in [1.29, 1.82) is 0 Å². The number of carbonyl (C=O) groups is 1. The predicted octanol–water partition coefficient (Wildman–Crippen LogP) is 4.04. The summed E-state index contributed by atoms with van der Waals surface area (Å²) in [7, 11) is 1.46. The van der Waals surface area contributed by atoms with Gasteiger partial charge in [0.2, 0.25) is 5.79 Å². The summed E-state index contributed by atoms with van der Waals surface area (Å²) in [5, 5.41) is 10.6. The van der Waals surface area contributed by atoms with Crippen LogP contribution >= 0.6 is 0 Å².